The first-order chi connectivity index (χ1) is 11.1. The lowest BCUT2D eigenvalue weighted by atomic mass is 10.2. The molecule has 0 spiro atoms. The highest BCUT2D eigenvalue weighted by atomic mass is 35.5. The van der Waals surface area contributed by atoms with Gasteiger partial charge in [0.25, 0.3) is 0 Å². The van der Waals surface area contributed by atoms with Crippen molar-refractivity contribution in [3.05, 3.63) is 53.3 Å². The van der Waals surface area contributed by atoms with E-state index in [1.54, 1.807) is 0 Å². The Bertz CT molecular complexity index is 866. The first-order valence-corrected chi connectivity index (χ1v) is 8.20. The van der Waals surface area contributed by atoms with Crippen LogP contribution in [0.2, 0.25) is 5.02 Å². The average molecular weight is 328 g/mol. The summed E-state index contributed by atoms with van der Waals surface area (Å²) in [5.41, 5.74) is 8.16. The fourth-order valence-corrected chi connectivity index (χ4v) is 3.18. The maximum absolute atomic E-state index is 6.28. The minimum Gasteiger partial charge on any atom is -0.479 e. The first-order valence-electron chi connectivity index (χ1n) is 7.82. The molecule has 2 N–H and O–H groups in total. The normalized spacial score (nSPS) is 15.7. The minimum atomic E-state index is -0.336. The number of benzene rings is 2. The van der Waals surface area contributed by atoms with E-state index in [9.17, 15) is 0 Å². The summed E-state index contributed by atoms with van der Waals surface area (Å²) in [5.74, 6) is 1.80. The van der Waals surface area contributed by atoms with Crippen molar-refractivity contribution in [1.82, 2.24) is 9.55 Å². The predicted molar refractivity (Wildman–Crippen MR) is 92.8 cm³/mol. The van der Waals surface area contributed by atoms with Crippen LogP contribution in [0.4, 0.5) is 5.69 Å². The second-order valence-corrected chi connectivity index (χ2v) is 6.41. The molecule has 0 atom stereocenters. The van der Waals surface area contributed by atoms with Crippen molar-refractivity contribution in [1.29, 1.82) is 0 Å². The maximum atomic E-state index is 6.28. The van der Waals surface area contributed by atoms with Gasteiger partial charge in [-0.1, -0.05) is 11.6 Å². The SMILES string of the molecule is CCn1c(C2(Oc3ccc(N)cc3)CC2)nc2ccc(Cl)cc21. The van der Waals surface area contributed by atoms with Gasteiger partial charge in [0.2, 0.25) is 0 Å². The van der Waals surface area contributed by atoms with E-state index in [1.807, 2.05) is 42.5 Å². The molecule has 1 heterocycles. The minimum absolute atomic E-state index is 0.336. The Morgan fingerprint density at radius 1 is 1.22 bits per heavy atom. The zero-order valence-electron chi connectivity index (χ0n) is 12.9. The molecule has 1 aliphatic carbocycles. The fraction of sp³-hybridized carbons (Fsp3) is 0.278. The molecular formula is C18H18ClN3O. The van der Waals surface area contributed by atoms with Crippen LogP contribution in [-0.4, -0.2) is 9.55 Å². The highest BCUT2D eigenvalue weighted by Gasteiger charge is 2.51. The van der Waals surface area contributed by atoms with Gasteiger partial charge in [0.1, 0.15) is 5.75 Å². The molecule has 0 radical (unpaired) electrons. The lowest BCUT2D eigenvalue weighted by Gasteiger charge is -2.19. The second kappa shape index (κ2) is 5.17. The van der Waals surface area contributed by atoms with Gasteiger partial charge >= 0.3 is 0 Å². The monoisotopic (exact) mass is 327 g/mol. The van der Waals surface area contributed by atoms with Crippen LogP contribution in [0.1, 0.15) is 25.6 Å². The predicted octanol–water partition coefficient (Wildman–Crippen LogP) is 4.36. The number of nitrogens with two attached hydrogens (primary N) is 1. The van der Waals surface area contributed by atoms with Crippen molar-refractivity contribution in [2.45, 2.75) is 31.9 Å². The van der Waals surface area contributed by atoms with Gasteiger partial charge in [0, 0.05) is 17.3 Å². The number of aromatic nitrogens is 2. The number of nitrogens with zero attached hydrogens (tertiary/aromatic N) is 2. The van der Waals surface area contributed by atoms with Crippen LogP contribution >= 0.6 is 11.6 Å². The van der Waals surface area contributed by atoms with Gasteiger partial charge in [-0.3, -0.25) is 0 Å². The van der Waals surface area contributed by atoms with E-state index in [1.165, 1.54) is 0 Å². The van der Waals surface area contributed by atoms with Gasteiger partial charge in [0.05, 0.1) is 11.0 Å². The third kappa shape index (κ3) is 2.43. The Kier molecular flexibility index (Phi) is 3.23. The van der Waals surface area contributed by atoms with Crippen molar-refractivity contribution in [2.75, 3.05) is 5.73 Å². The summed E-state index contributed by atoms with van der Waals surface area (Å²) in [6, 6.07) is 13.3. The van der Waals surface area contributed by atoms with E-state index in [-0.39, 0.29) is 5.60 Å². The molecule has 1 aromatic heterocycles. The molecule has 1 fully saturated rings. The Labute approximate surface area is 139 Å². The van der Waals surface area contributed by atoms with Gasteiger partial charge < -0.3 is 15.0 Å². The molecule has 0 bridgehead atoms. The standard InChI is InChI=1S/C18H18ClN3O/c1-2-22-16-11-12(19)3-8-15(16)21-17(22)18(9-10-18)23-14-6-4-13(20)5-7-14/h3-8,11H,2,9-10,20H2,1H3. The Hall–Kier alpha value is -2.20. The highest BCUT2D eigenvalue weighted by Crippen LogP contribution is 2.49. The second-order valence-electron chi connectivity index (χ2n) is 5.98. The van der Waals surface area contributed by atoms with Gasteiger partial charge in [-0.25, -0.2) is 4.98 Å². The summed E-state index contributed by atoms with van der Waals surface area (Å²) < 4.78 is 8.48. The van der Waals surface area contributed by atoms with Crippen molar-refractivity contribution in [2.24, 2.45) is 0 Å². The number of aryl methyl sites for hydroxylation is 1. The van der Waals surface area contributed by atoms with Gasteiger partial charge in [-0.15, -0.1) is 0 Å². The number of halogens is 1. The van der Waals surface area contributed by atoms with Gasteiger partial charge in [0.15, 0.2) is 11.4 Å². The number of anilines is 1. The van der Waals surface area contributed by atoms with Crippen LogP contribution < -0.4 is 10.5 Å². The van der Waals surface area contributed by atoms with Crippen molar-refractivity contribution >= 4 is 28.3 Å². The van der Waals surface area contributed by atoms with Crippen LogP contribution in [0.3, 0.4) is 0 Å². The van der Waals surface area contributed by atoms with Crippen LogP contribution in [0.15, 0.2) is 42.5 Å². The van der Waals surface area contributed by atoms with E-state index in [0.717, 1.165) is 52.7 Å². The molecular weight excluding hydrogens is 310 g/mol. The quantitative estimate of drug-likeness (QED) is 0.724. The van der Waals surface area contributed by atoms with Crippen molar-refractivity contribution < 1.29 is 4.74 Å². The molecule has 4 nitrogen and oxygen atoms in total. The number of nitrogen functional groups attached to an aromatic ring is 1. The molecule has 2 aromatic carbocycles. The fourth-order valence-electron chi connectivity index (χ4n) is 3.01. The molecule has 23 heavy (non-hydrogen) atoms. The smallest absolute Gasteiger partial charge is 0.167 e. The molecule has 3 aromatic rings. The number of hydrogen-bond acceptors (Lipinski definition) is 3. The van der Waals surface area contributed by atoms with Gasteiger partial charge in [-0.2, -0.15) is 0 Å². The lowest BCUT2D eigenvalue weighted by molar-refractivity contribution is 0.166. The lowest BCUT2D eigenvalue weighted by Crippen LogP contribution is -2.21. The van der Waals surface area contributed by atoms with E-state index in [4.69, 9.17) is 27.1 Å². The molecule has 5 heteroatoms. The number of imidazole rings is 1. The summed E-state index contributed by atoms with van der Waals surface area (Å²) >= 11 is 6.15. The first kappa shape index (κ1) is 14.4. The summed E-state index contributed by atoms with van der Waals surface area (Å²) in [7, 11) is 0. The Balaban J connectivity index is 1.77. The zero-order chi connectivity index (χ0) is 16.0. The molecule has 4 rings (SSSR count). The number of ether oxygens (including phenoxy) is 1. The molecule has 0 aliphatic heterocycles. The van der Waals surface area contributed by atoms with Crippen LogP contribution in [0.5, 0.6) is 5.75 Å². The zero-order valence-corrected chi connectivity index (χ0v) is 13.7. The van der Waals surface area contributed by atoms with E-state index in [0.29, 0.717) is 0 Å². The molecule has 0 saturated heterocycles. The van der Waals surface area contributed by atoms with E-state index < -0.39 is 0 Å². The maximum Gasteiger partial charge on any atom is 0.167 e. The van der Waals surface area contributed by atoms with Crippen molar-refractivity contribution in [3.63, 3.8) is 0 Å². The summed E-state index contributed by atoms with van der Waals surface area (Å²) in [6.07, 6.45) is 1.93. The third-order valence-corrected chi connectivity index (χ3v) is 4.57. The van der Waals surface area contributed by atoms with E-state index in [2.05, 4.69) is 11.5 Å². The van der Waals surface area contributed by atoms with Crippen LogP contribution in [0.25, 0.3) is 11.0 Å². The Morgan fingerprint density at radius 3 is 2.61 bits per heavy atom. The van der Waals surface area contributed by atoms with Gasteiger partial charge in [-0.05, 0) is 62.2 Å². The Morgan fingerprint density at radius 2 is 1.96 bits per heavy atom. The average Bonchev–Trinajstić information content (AvgIpc) is 3.22. The van der Waals surface area contributed by atoms with Crippen molar-refractivity contribution in [3.8, 4) is 5.75 Å². The molecule has 0 amide bonds. The molecule has 1 saturated carbocycles. The number of hydrogen-bond donors (Lipinski definition) is 1. The van der Waals surface area contributed by atoms with Crippen LogP contribution in [-0.2, 0) is 12.1 Å². The molecule has 0 unspecified atom stereocenters. The topological polar surface area (TPSA) is 53.1 Å². The highest BCUT2D eigenvalue weighted by molar-refractivity contribution is 6.31. The van der Waals surface area contributed by atoms with E-state index >= 15 is 0 Å². The number of fused-ring (bicyclic) bond motifs is 1. The summed E-state index contributed by atoms with van der Waals surface area (Å²) in [5, 5.41) is 0.725. The van der Waals surface area contributed by atoms with Crippen LogP contribution in [0, 0.1) is 0 Å². The largest absolute Gasteiger partial charge is 0.479 e. The third-order valence-electron chi connectivity index (χ3n) is 4.33. The molecule has 1 aliphatic rings. The summed E-state index contributed by atoms with van der Waals surface area (Å²) in [6.45, 7) is 2.95. The summed E-state index contributed by atoms with van der Waals surface area (Å²) in [4.78, 5) is 4.83. The number of rotatable bonds is 4. The molecule has 118 valence electrons.